The standard InChI is InChI=1S/C29H26N2O2S/c1-18-8-7-11-26(20(18)3)31-19(2)14-25(21(31)4)16-27-28(32)30(29(33)34-27)17-22-12-13-23-9-5-6-10-24(23)15-22/h5-16H,17H2,1-4H3/b27-16-. The highest BCUT2D eigenvalue weighted by Crippen LogP contribution is 2.35. The number of hydrogen-bond acceptors (Lipinski definition) is 3. The molecule has 0 N–H and O–H groups in total. The van der Waals surface area contributed by atoms with Crippen LogP contribution in [-0.2, 0) is 11.3 Å². The number of amides is 2. The van der Waals surface area contributed by atoms with Gasteiger partial charge in [-0.2, -0.15) is 0 Å². The Morgan fingerprint density at radius 1 is 0.853 bits per heavy atom. The normalized spacial score (nSPS) is 15.2. The third kappa shape index (κ3) is 3.86. The zero-order chi connectivity index (χ0) is 24.0. The SMILES string of the molecule is Cc1cccc(-n2c(C)cc(/C=C3\SC(=O)N(Cc4ccc5ccccc5c4)C3=O)c2C)c1C. The summed E-state index contributed by atoms with van der Waals surface area (Å²) in [6.07, 6.45) is 1.86. The fourth-order valence-electron chi connectivity index (χ4n) is 4.58. The molecule has 5 heteroatoms. The van der Waals surface area contributed by atoms with Crippen molar-refractivity contribution in [2.24, 2.45) is 0 Å². The Morgan fingerprint density at radius 3 is 2.41 bits per heavy atom. The molecule has 1 fully saturated rings. The van der Waals surface area contributed by atoms with Crippen molar-refractivity contribution in [3.8, 4) is 5.69 Å². The van der Waals surface area contributed by atoms with Crippen LogP contribution < -0.4 is 0 Å². The summed E-state index contributed by atoms with van der Waals surface area (Å²) >= 11 is 1.01. The summed E-state index contributed by atoms with van der Waals surface area (Å²) in [5, 5.41) is 2.01. The van der Waals surface area contributed by atoms with Crippen molar-refractivity contribution in [2.75, 3.05) is 0 Å². The quantitative estimate of drug-likeness (QED) is 0.301. The molecule has 170 valence electrons. The van der Waals surface area contributed by atoms with Crippen LogP contribution >= 0.6 is 11.8 Å². The van der Waals surface area contributed by atoms with Crippen LogP contribution in [0.1, 0.15) is 33.6 Å². The van der Waals surface area contributed by atoms with Gasteiger partial charge in [-0.15, -0.1) is 0 Å². The lowest BCUT2D eigenvalue weighted by Gasteiger charge is -2.14. The smallest absolute Gasteiger partial charge is 0.293 e. The van der Waals surface area contributed by atoms with Crippen LogP contribution in [0.5, 0.6) is 0 Å². The summed E-state index contributed by atoms with van der Waals surface area (Å²) in [7, 11) is 0. The maximum Gasteiger partial charge on any atom is 0.293 e. The van der Waals surface area contributed by atoms with Crippen molar-refractivity contribution in [1.82, 2.24) is 9.47 Å². The Hall–Kier alpha value is -3.57. The lowest BCUT2D eigenvalue weighted by molar-refractivity contribution is -0.123. The first-order valence-electron chi connectivity index (χ1n) is 11.3. The number of thioether (sulfide) groups is 1. The summed E-state index contributed by atoms with van der Waals surface area (Å²) in [5.41, 5.74) is 7.64. The molecule has 0 unspecified atom stereocenters. The number of rotatable bonds is 4. The van der Waals surface area contributed by atoms with E-state index in [4.69, 9.17) is 0 Å². The molecule has 4 nitrogen and oxygen atoms in total. The first kappa shape index (κ1) is 22.2. The van der Waals surface area contributed by atoms with E-state index in [1.165, 1.54) is 16.0 Å². The van der Waals surface area contributed by atoms with Crippen molar-refractivity contribution in [2.45, 2.75) is 34.2 Å². The lowest BCUT2D eigenvalue weighted by Crippen LogP contribution is -2.27. The maximum atomic E-state index is 13.2. The van der Waals surface area contributed by atoms with Crippen molar-refractivity contribution in [1.29, 1.82) is 0 Å². The molecule has 1 aromatic heterocycles. The molecule has 0 radical (unpaired) electrons. The van der Waals surface area contributed by atoms with Gasteiger partial charge in [0.05, 0.1) is 11.4 Å². The number of nitrogens with zero attached hydrogens (tertiary/aromatic N) is 2. The number of fused-ring (bicyclic) bond motifs is 1. The minimum Gasteiger partial charge on any atom is -0.318 e. The number of imide groups is 1. The Labute approximate surface area is 203 Å². The first-order valence-corrected chi connectivity index (χ1v) is 12.1. The van der Waals surface area contributed by atoms with Crippen molar-refractivity contribution >= 4 is 39.8 Å². The van der Waals surface area contributed by atoms with Gasteiger partial charge in [-0.05, 0) is 96.8 Å². The molecule has 1 aliphatic rings. The van der Waals surface area contributed by atoms with Gasteiger partial charge in [-0.3, -0.25) is 14.5 Å². The van der Waals surface area contributed by atoms with Gasteiger partial charge in [0.25, 0.3) is 11.1 Å². The first-order chi connectivity index (χ1) is 16.3. The van der Waals surface area contributed by atoms with Crippen LogP contribution in [0.2, 0.25) is 0 Å². The van der Waals surface area contributed by atoms with Crippen LogP contribution in [0.4, 0.5) is 4.79 Å². The average molecular weight is 467 g/mol. The molecule has 0 bridgehead atoms. The number of hydrogen-bond donors (Lipinski definition) is 0. The lowest BCUT2D eigenvalue weighted by atomic mass is 10.1. The minimum atomic E-state index is -0.236. The molecule has 3 aromatic carbocycles. The molecule has 0 spiro atoms. The fourth-order valence-corrected chi connectivity index (χ4v) is 5.41. The third-order valence-electron chi connectivity index (χ3n) is 6.60. The molecular weight excluding hydrogens is 440 g/mol. The predicted octanol–water partition coefficient (Wildman–Crippen LogP) is 7.10. The number of aromatic nitrogens is 1. The van der Waals surface area contributed by atoms with Gasteiger partial charge in [0.15, 0.2) is 0 Å². The molecule has 0 atom stereocenters. The third-order valence-corrected chi connectivity index (χ3v) is 7.51. The van der Waals surface area contributed by atoms with E-state index in [0.29, 0.717) is 4.91 Å². The molecule has 0 aliphatic carbocycles. The van der Waals surface area contributed by atoms with Gasteiger partial charge in [0.1, 0.15) is 0 Å². The zero-order valence-electron chi connectivity index (χ0n) is 19.8. The van der Waals surface area contributed by atoms with Crippen LogP contribution in [-0.4, -0.2) is 20.6 Å². The van der Waals surface area contributed by atoms with Crippen LogP contribution in [0.25, 0.3) is 22.5 Å². The summed E-state index contributed by atoms with van der Waals surface area (Å²) in [6.45, 7) is 8.63. The van der Waals surface area contributed by atoms with E-state index in [1.54, 1.807) is 0 Å². The van der Waals surface area contributed by atoms with Gasteiger partial charge < -0.3 is 4.57 Å². The van der Waals surface area contributed by atoms with Crippen LogP contribution in [0.3, 0.4) is 0 Å². The van der Waals surface area contributed by atoms with E-state index in [9.17, 15) is 9.59 Å². The Bertz CT molecular complexity index is 1500. The number of carbonyl (C=O) groups is 2. The molecule has 2 amide bonds. The van der Waals surface area contributed by atoms with Gasteiger partial charge >= 0.3 is 0 Å². The summed E-state index contributed by atoms with van der Waals surface area (Å²) in [5.74, 6) is -0.236. The van der Waals surface area contributed by atoms with Crippen molar-refractivity contribution < 1.29 is 9.59 Å². The largest absolute Gasteiger partial charge is 0.318 e. The molecule has 1 saturated heterocycles. The van der Waals surface area contributed by atoms with E-state index >= 15 is 0 Å². The van der Waals surface area contributed by atoms with Crippen LogP contribution in [0.15, 0.2) is 71.6 Å². The summed E-state index contributed by atoms with van der Waals surface area (Å²) < 4.78 is 2.22. The molecule has 0 saturated carbocycles. The Morgan fingerprint density at radius 2 is 1.62 bits per heavy atom. The topological polar surface area (TPSA) is 42.3 Å². The molecular formula is C29H26N2O2S. The monoisotopic (exact) mass is 466 g/mol. The summed E-state index contributed by atoms with van der Waals surface area (Å²) in [6, 6.07) is 22.5. The number of carbonyl (C=O) groups excluding carboxylic acids is 2. The number of aryl methyl sites for hydroxylation is 2. The van der Waals surface area contributed by atoms with E-state index in [0.717, 1.165) is 50.7 Å². The molecule has 4 aromatic rings. The summed E-state index contributed by atoms with van der Waals surface area (Å²) in [4.78, 5) is 27.7. The zero-order valence-corrected chi connectivity index (χ0v) is 20.6. The predicted molar refractivity (Wildman–Crippen MR) is 140 cm³/mol. The second-order valence-corrected chi connectivity index (χ2v) is 9.82. The second-order valence-electron chi connectivity index (χ2n) is 8.83. The van der Waals surface area contributed by atoms with Gasteiger partial charge in [0.2, 0.25) is 0 Å². The van der Waals surface area contributed by atoms with Gasteiger partial charge in [-0.25, -0.2) is 0 Å². The van der Waals surface area contributed by atoms with E-state index in [-0.39, 0.29) is 17.7 Å². The minimum absolute atomic E-state index is 0.229. The van der Waals surface area contributed by atoms with Crippen molar-refractivity contribution in [3.63, 3.8) is 0 Å². The van der Waals surface area contributed by atoms with Gasteiger partial charge in [0, 0.05) is 17.1 Å². The molecule has 1 aliphatic heterocycles. The van der Waals surface area contributed by atoms with Crippen LogP contribution in [0, 0.1) is 27.7 Å². The van der Waals surface area contributed by atoms with Crippen molar-refractivity contribution in [3.05, 3.63) is 105 Å². The molecule has 2 heterocycles. The average Bonchev–Trinajstić information content (AvgIpc) is 3.25. The fraction of sp³-hybridized carbons (Fsp3) is 0.172. The van der Waals surface area contributed by atoms with Gasteiger partial charge in [-0.1, -0.05) is 48.5 Å². The Kier molecular flexibility index (Phi) is 5.66. The highest BCUT2D eigenvalue weighted by Gasteiger charge is 2.35. The van der Waals surface area contributed by atoms with E-state index < -0.39 is 0 Å². The van der Waals surface area contributed by atoms with E-state index in [1.807, 2.05) is 42.5 Å². The van der Waals surface area contributed by atoms with E-state index in [2.05, 4.69) is 62.6 Å². The Balaban J connectivity index is 1.44. The molecule has 5 rings (SSSR count). The second kappa shape index (κ2) is 8.65. The number of benzene rings is 3. The maximum absolute atomic E-state index is 13.2. The molecule has 34 heavy (non-hydrogen) atoms. The highest BCUT2D eigenvalue weighted by atomic mass is 32.2. The highest BCUT2D eigenvalue weighted by molar-refractivity contribution is 8.18.